The lowest BCUT2D eigenvalue weighted by Gasteiger charge is -2.24. The lowest BCUT2D eigenvalue weighted by molar-refractivity contribution is 0.589. The van der Waals surface area contributed by atoms with E-state index in [4.69, 9.17) is 11.1 Å². The zero-order chi connectivity index (χ0) is 12.8. The molecule has 0 aliphatic heterocycles. The van der Waals surface area contributed by atoms with Crippen molar-refractivity contribution in [2.75, 3.05) is 18.0 Å². The fourth-order valence-corrected chi connectivity index (χ4v) is 1.44. The van der Waals surface area contributed by atoms with E-state index in [9.17, 15) is 4.39 Å². The Balaban J connectivity index is 2.74. The van der Waals surface area contributed by atoms with Crippen LogP contribution in [-0.4, -0.2) is 28.9 Å². The number of hydrogen-bond donors (Lipinski definition) is 2. The molecule has 17 heavy (non-hydrogen) atoms. The van der Waals surface area contributed by atoms with E-state index in [1.807, 2.05) is 4.90 Å². The van der Waals surface area contributed by atoms with Gasteiger partial charge in [0.15, 0.2) is 5.82 Å². The number of nitrogens with one attached hydrogen (secondary N) is 1. The molecule has 0 saturated heterocycles. The first-order valence-corrected chi connectivity index (χ1v) is 5.54. The SMILES string of the molecule is CC(C)CN(CCC(=N)N)c1ncc(F)cn1. The minimum absolute atomic E-state index is 0.126. The molecule has 1 heterocycles. The summed E-state index contributed by atoms with van der Waals surface area (Å²) in [5.74, 6) is 0.572. The molecule has 0 radical (unpaired) electrons. The Bertz CT molecular complexity index is 363. The predicted molar refractivity (Wildman–Crippen MR) is 65.6 cm³/mol. The average Bonchev–Trinajstić information content (AvgIpc) is 2.25. The first kappa shape index (κ1) is 13.3. The summed E-state index contributed by atoms with van der Waals surface area (Å²) >= 11 is 0. The maximum atomic E-state index is 12.7. The van der Waals surface area contributed by atoms with Gasteiger partial charge in [-0.1, -0.05) is 13.8 Å². The number of aromatic nitrogens is 2. The van der Waals surface area contributed by atoms with Crippen molar-refractivity contribution in [3.63, 3.8) is 0 Å². The molecule has 3 N–H and O–H groups in total. The van der Waals surface area contributed by atoms with Crippen molar-refractivity contribution in [1.82, 2.24) is 9.97 Å². The topological polar surface area (TPSA) is 78.9 Å². The first-order valence-electron chi connectivity index (χ1n) is 5.54. The number of anilines is 1. The molecule has 0 amide bonds. The maximum Gasteiger partial charge on any atom is 0.225 e. The number of nitrogens with two attached hydrogens (primary N) is 1. The smallest absolute Gasteiger partial charge is 0.225 e. The fourth-order valence-electron chi connectivity index (χ4n) is 1.44. The van der Waals surface area contributed by atoms with Crippen molar-refractivity contribution in [3.05, 3.63) is 18.2 Å². The van der Waals surface area contributed by atoms with Gasteiger partial charge in [0.25, 0.3) is 0 Å². The van der Waals surface area contributed by atoms with E-state index in [0.717, 1.165) is 18.9 Å². The van der Waals surface area contributed by atoms with Gasteiger partial charge in [-0.2, -0.15) is 0 Å². The third-order valence-electron chi connectivity index (χ3n) is 2.13. The highest BCUT2D eigenvalue weighted by atomic mass is 19.1. The normalized spacial score (nSPS) is 10.6. The molecule has 0 aliphatic rings. The summed E-state index contributed by atoms with van der Waals surface area (Å²) in [6, 6.07) is 0. The molecule has 0 fully saturated rings. The molecule has 5 nitrogen and oxygen atoms in total. The summed E-state index contributed by atoms with van der Waals surface area (Å²) in [6.07, 6.45) is 2.74. The van der Waals surface area contributed by atoms with Crippen LogP contribution in [-0.2, 0) is 0 Å². The third kappa shape index (κ3) is 4.76. The molecule has 0 spiro atoms. The Labute approximate surface area is 100 Å². The van der Waals surface area contributed by atoms with Crippen LogP contribution in [0.15, 0.2) is 12.4 Å². The Morgan fingerprint density at radius 2 is 2.06 bits per heavy atom. The maximum absolute atomic E-state index is 12.7. The van der Waals surface area contributed by atoms with Gasteiger partial charge in [-0.3, -0.25) is 5.41 Å². The summed E-state index contributed by atoms with van der Waals surface area (Å²) in [4.78, 5) is 9.78. The summed E-state index contributed by atoms with van der Waals surface area (Å²) < 4.78 is 12.7. The molecule has 6 heteroatoms. The highest BCUT2D eigenvalue weighted by Crippen LogP contribution is 2.10. The van der Waals surface area contributed by atoms with Crippen molar-refractivity contribution in [2.45, 2.75) is 20.3 Å². The number of halogens is 1. The van der Waals surface area contributed by atoms with Crippen molar-refractivity contribution in [2.24, 2.45) is 11.7 Å². The number of rotatable bonds is 6. The van der Waals surface area contributed by atoms with Crippen molar-refractivity contribution >= 4 is 11.8 Å². The zero-order valence-corrected chi connectivity index (χ0v) is 10.2. The quantitative estimate of drug-likeness (QED) is 0.581. The molecule has 1 aromatic rings. The Morgan fingerprint density at radius 1 is 1.47 bits per heavy atom. The van der Waals surface area contributed by atoms with E-state index in [1.54, 1.807) is 0 Å². The molecule has 0 aliphatic carbocycles. The number of hydrogen-bond acceptors (Lipinski definition) is 4. The summed E-state index contributed by atoms with van der Waals surface area (Å²) in [6.45, 7) is 5.46. The van der Waals surface area contributed by atoms with E-state index < -0.39 is 5.82 Å². The fraction of sp³-hybridized carbons (Fsp3) is 0.545. The van der Waals surface area contributed by atoms with E-state index >= 15 is 0 Å². The standard InChI is InChI=1S/C11H18FN5/c1-8(2)7-17(4-3-10(13)14)11-15-5-9(12)6-16-11/h5-6,8H,3-4,7H2,1-2H3,(H3,13,14). The van der Waals surface area contributed by atoms with Crippen molar-refractivity contribution < 1.29 is 4.39 Å². The number of nitrogens with zero attached hydrogens (tertiary/aromatic N) is 3. The van der Waals surface area contributed by atoms with E-state index in [1.165, 1.54) is 0 Å². The number of amidine groups is 1. The van der Waals surface area contributed by atoms with Crippen LogP contribution in [0.2, 0.25) is 0 Å². The lowest BCUT2D eigenvalue weighted by atomic mass is 10.2. The second-order valence-electron chi connectivity index (χ2n) is 4.32. The monoisotopic (exact) mass is 239 g/mol. The largest absolute Gasteiger partial charge is 0.388 e. The van der Waals surface area contributed by atoms with Gasteiger partial charge < -0.3 is 10.6 Å². The zero-order valence-electron chi connectivity index (χ0n) is 10.2. The van der Waals surface area contributed by atoms with E-state index in [2.05, 4.69) is 23.8 Å². The third-order valence-corrected chi connectivity index (χ3v) is 2.13. The lowest BCUT2D eigenvalue weighted by Crippen LogP contribution is -2.32. The molecular formula is C11H18FN5. The van der Waals surface area contributed by atoms with Crippen LogP contribution in [0.5, 0.6) is 0 Å². The van der Waals surface area contributed by atoms with Crippen LogP contribution in [0.1, 0.15) is 20.3 Å². The van der Waals surface area contributed by atoms with Crippen molar-refractivity contribution in [3.8, 4) is 0 Å². The average molecular weight is 239 g/mol. The van der Waals surface area contributed by atoms with Gasteiger partial charge in [0.1, 0.15) is 0 Å². The second-order valence-corrected chi connectivity index (χ2v) is 4.32. The van der Waals surface area contributed by atoms with E-state index in [0.29, 0.717) is 24.8 Å². The first-order chi connectivity index (χ1) is 7.99. The van der Waals surface area contributed by atoms with Crippen LogP contribution in [0, 0.1) is 17.1 Å². The molecule has 0 unspecified atom stereocenters. The highest BCUT2D eigenvalue weighted by Gasteiger charge is 2.11. The van der Waals surface area contributed by atoms with Gasteiger partial charge in [-0.25, -0.2) is 14.4 Å². The molecule has 94 valence electrons. The van der Waals surface area contributed by atoms with Crippen LogP contribution < -0.4 is 10.6 Å². The Kier molecular flexibility index (Phi) is 4.81. The molecule has 0 bridgehead atoms. The highest BCUT2D eigenvalue weighted by molar-refractivity contribution is 5.77. The van der Waals surface area contributed by atoms with E-state index in [-0.39, 0.29) is 5.84 Å². The minimum atomic E-state index is -0.454. The molecule has 0 aromatic carbocycles. The minimum Gasteiger partial charge on any atom is -0.388 e. The van der Waals surface area contributed by atoms with Crippen LogP contribution in [0.4, 0.5) is 10.3 Å². The predicted octanol–water partition coefficient (Wildman–Crippen LogP) is 1.40. The van der Waals surface area contributed by atoms with Crippen LogP contribution in [0.3, 0.4) is 0 Å². The Morgan fingerprint density at radius 3 is 2.53 bits per heavy atom. The second kappa shape index (κ2) is 6.12. The molecule has 0 saturated carbocycles. The molecule has 0 atom stereocenters. The summed E-state index contributed by atoms with van der Waals surface area (Å²) in [5.41, 5.74) is 5.33. The van der Waals surface area contributed by atoms with Gasteiger partial charge in [0, 0.05) is 19.5 Å². The molecule has 1 aromatic heterocycles. The van der Waals surface area contributed by atoms with Gasteiger partial charge in [-0.05, 0) is 5.92 Å². The van der Waals surface area contributed by atoms with Gasteiger partial charge in [0.05, 0.1) is 18.2 Å². The summed E-state index contributed by atoms with van der Waals surface area (Å²) in [5, 5.41) is 7.22. The molecule has 1 rings (SSSR count). The van der Waals surface area contributed by atoms with Crippen molar-refractivity contribution in [1.29, 1.82) is 5.41 Å². The van der Waals surface area contributed by atoms with Crippen LogP contribution in [0.25, 0.3) is 0 Å². The van der Waals surface area contributed by atoms with Gasteiger partial charge >= 0.3 is 0 Å². The molecular weight excluding hydrogens is 221 g/mol. The Hall–Kier alpha value is -1.72. The van der Waals surface area contributed by atoms with Crippen LogP contribution >= 0.6 is 0 Å². The summed E-state index contributed by atoms with van der Waals surface area (Å²) in [7, 11) is 0. The van der Waals surface area contributed by atoms with Gasteiger partial charge in [-0.15, -0.1) is 0 Å². The van der Waals surface area contributed by atoms with Gasteiger partial charge in [0.2, 0.25) is 5.95 Å².